The molecule has 1 aromatic heterocycles. The number of fused-ring (bicyclic) bond motifs is 1. The number of benzene rings is 2. The van der Waals surface area contributed by atoms with Crippen LogP contribution in [0.3, 0.4) is 0 Å². The largest absolute Gasteiger partial charge is 0.465 e. The van der Waals surface area contributed by atoms with Crippen LogP contribution in [0.1, 0.15) is 15.9 Å². The van der Waals surface area contributed by atoms with Gasteiger partial charge in [-0.2, -0.15) is 0 Å². The second kappa shape index (κ2) is 6.71. The van der Waals surface area contributed by atoms with Crippen molar-refractivity contribution >= 4 is 28.6 Å². The predicted molar refractivity (Wildman–Crippen MR) is 91.9 cm³/mol. The van der Waals surface area contributed by atoms with Crippen molar-refractivity contribution in [2.45, 2.75) is 10.8 Å². The Hall–Kier alpha value is -2.53. The van der Waals surface area contributed by atoms with E-state index in [0.717, 1.165) is 5.56 Å². The van der Waals surface area contributed by atoms with E-state index in [2.05, 4.69) is 4.98 Å². The number of carbonyl (C=O) groups is 1. The first-order valence-corrected chi connectivity index (χ1v) is 8.09. The Labute approximate surface area is 137 Å². The molecule has 0 amide bonds. The third kappa shape index (κ3) is 3.14. The van der Waals surface area contributed by atoms with Gasteiger partial charge in [0.15, 0.2) is 0 Å². The molecule has 3 rings (SSSR count). The first kappa shape index (κ1) is 15.4. The van der Waals surface area contributed by atoms with Crippen LogP contribution in [-0.4, -0.2) is 18.1 Å². The molecule has 4 nitrogen and oxygen atoms in total. The SMILES string of the molecule is COC(=O)c1c(SCc2ccccc2)[nH]c2ccccc2c1=O. The number of H-pyrrole nitrogens is 1. The monoisotopic (exact) mass is 325 g/mol. The minimum atomic E-state index is -0.618. The fourth-order valence-electron chi connectivity index (χ4n) is 2.34. The summed E-state index contributed by atoms with van der Waals surface area (Å²) in [6, 6.07) is 17.0. The highest BCUT2D eigenvalue weighted by molar-refractivity contribution is 7.98. The van der Waals surface area contributed by atoms with Gasteiger partial charge < -0.3 is 9.72 Å². The molecule has 5 heteroatoms. The highest BCUT2D eigenvalue weighted by Crippen LogP contribution is 2.25. The van der Waals surface area contributed by atoms with Crippen molar-refractivity contribution in [3.63, 3.8) is 0 Å². The number of carbonyl (C=O) groups excluding carboxylic acids is 1. The van der Waals surface area contributed by atoms with Gasteiger partial charge in [0.05, 0.1) is 17.7 Å². The molecule has 0 saturated carbocycles. The molecule has 0 atom stereocenters. The van der Waals surface area contributed by atoms with Crippen molar-refractivity contribution in [2.24, 2.45) is 0 Å². The summed E-state index contributed by atoms with van der Waals surface area (Å²) < 4.78 is 4.79. The summed E-state index contributed by atoms with van der Waals surface area (Å²) in [5.74, 6) is 0.0339. The fourth-order valence-corrected chi connectivity index (χ4v) is 3.34. The Kier molecular flexibility index (Phi) is 4.48. The second-order valence-corrected chi connectivity index (χ2v) is 5.96. The van der Waals surface area contributed by atoms with Crippen LogP contribution in [-0.2, 0) is 10.5 Å². The quantitative estimate of drug-likeness (QED) is 0.588. The Morgan fingerprint density at radius 2 is 1.78 bits per heavy atom. The average molecular weight is 325 g/mol. The van der Waals surface area contributed by atoms with Crippen LogP contribution in [0.4, 0.5) is 0 Å². The highest BCUT2D eigenvalue weighted by Gasteiger charge is 2.19. The second-order valence-electron chi connectivity index (χ2n) is 4.97. The van der Waals surface area contributed by atoms with E-state index >= 15 is 0 Å². The van der Waals surface area contributed by atoms with Crippen LogP contribution in [0.2, 0.25) is 0 Å². The van der Waals surface area contributed by atoms with E-state index in [4.69, 9.17) is 4.74 Å². The summed E-state index contributed by atoms with van der Waals surface area (Å²) in [7, 11) is 1.28. The van der Waals surface area contributed by atoms with E-state index in [9.17, 15) is 9.59 Å². The Morgan fingerprint density at radius 3 is 2.52 bits per heavy atom. The number of para-hydroxylation sites is 1. The first-order chi connectivity index (χ1) is 11.2. The van der Waals surface area contributed by atoms with Crippen LogP contribution in [0.15, 0.2) is 64.4 Å². The smallest absolute Gasteiger partial charge is 0.344 e. The molecular formula is C18H15NO3S. The van der Waals surface area contributed by atoms with Crippen molar-refractivity contribution in [3.05, 3.63) is 75.9 Å². The molecule has 0 aliphatic carbocycles. The molecule has 23 heavy (non-hydrogen) atoms. The number of pyridine rings is 1. The maximum atomic E-state index is 12.6. The van der Waals surface area contributed by atoms with Gasteiger partial charge in [0, 0.05) is 11.1 Å². The third-order valence-electron chi connectivity index (χ3n) is 3.49. The highest BCUT2D eigenvalue weighted by atomic mass is 32.2. The lowest BCUT2D eigenvalue weighted by Crippen LogP contribution is -2.19. The number of hydrogen-bond donors (Lipinski definition) is 1. The molecule has 0 fully saturated rings. The zero-order valence-electron chi connectivity index (χ0n) is 12.5. The van der Waals surface area contributed by atoms with Gasteiger partial charge in [0.1, 0.15) is 5.56 Å². The molecule has 0 aliphatic heterocycles. The zero-order chi connectivity index (χ0) is 16.2. The van der Waals surface area contributed by atoms with Crippen molar-refractivity contribution in [1.82, 2.24) is 4.98 Å². The molecule has 0 aliphatic rings. The summed E-state index contributed by atoms with van der Waals surface area (Å²) >= 11 is 1.42. The van der Waals surface area contributed by atoms with E-state index in [-0.39, 0.29) is 11.0 Å². The number of hydrogen-bond acceptors (Lipinski definition) is 4. The van der Waals surface area contributed by atoms with Crippen LogP contribution in [0.5, 0.6) is 0 Å². The van der Waals surface area contributed by atoms with Gasteiger partial charge in [-0.05, 0) is 17.7 Å². The van der Waals surface area contributed by atoms with Crippen LogP contribution in [0.25, 0.3) is 10.9 Å². The number of ether oxygens (including phenoxy) is 1. The Balaban J connectivity index is 2.07. The van der Waals surface area contributed by atoms with Crippen LogP contribution >= 0.6 is 11.8 Å². The summed E-state index contributed by atoms with van der Waals surface area (Å²) in [4.78, 5) is 27.9. The topological polar surface area (TPSA) is 59.2 Å². The summed E-state index contributed by atoms with van der Waals surface area (Å²) in [6.45, 7) is 0. The van der Waals surface area contributed by atoms with E-state index < -0.39 is 5.97 Å². The lowest BCUT2D eigenvalue weighted by Gasteiger charge is -2.09. The minimum absolute atomic E-state index is 0.0622. The fraction of sp³-hybridized carbons (Fsp3) is 0.111. The predicted octanol–water partition coefficient (Wildman–Crippen LogP) is 3.61. The van der Waals surface area contributed by atoms with E-state index in [1.807, 2.05) is 42.5 Å². The number of aromatic amines is 1. The van der Waals surface area contributed by atoms with Gasteiger partial charge in [0.2, 0.25) is 5.43 Å². The number of nitrogens with one attached hydrogen (secondary N) is 1. The molecule has 0 unspecified atom stereocenters. The molecular weight excluding hydrogens is 310 g/mol. The van der Waals surface area contributed by atoms with Gasteiger partial charge >= 0.3 is 5.97 Å². The average Bonchev–Trinajstić information content (AvgIpc) is 2.60. The van der Waals surface area contributed by atoms with Crippen molar-refractivity contribution in [2.75, 3.05) is 7.11 Å². The first-order valence-electron chi connectivity index (χ1n) is 7.11. The van der Waals surface area contributed by atoms with Crippen LogP contribution < -0.4 is 5.43 Å². The minimum Gasteiger partial charge on any atom is -0.465 e. The molecule has 0 radical (unpaired) electrons. The summed E-state index contributed by atoms with van der Waals surface area (Å²) in [5, 5.41) is 1.02. The van der Waals surface area contributed by atoms with Gasteiger partial charge in [-0.1, -0.05) is 42.5 Å². The normalized spacial score (nSPS) is 10.7. The lowest BCUT2D eigenvalue weighted by molar-refractivity contribution is 0.0594. The molecule has 0 saturated heterocycles. The maximum absolute atomic E-state index is 12.6. The number of aromatic nitrogens is 1. The van der Waals surface area contributed by atoms with E-state index in [1.165, 1.54) is 18.9 Å². The maximum Gasteiger partial charge on any atom is 0.344 e. The summed E-state index contributed by atoms with van der Waals surface area (Å²) in [6.07, 6.45) is 0. The van der Waals surface area contributed by atoms with Gasteiger partial charge in [0.25, 0.3) is 0 Å². The van der Waals surface area contributed by atoms with Crippen molar-refractivity contribution in [3.8, 4) is 0 Å². The van der Waals surface area contributed by atoms with Gasteiger partial charge in [-0.25, -0.2) is 4.79 Å². The molecule has 1 heterocycles. The molecule has 2 aromatic carbocycles. The zero-order valence-corrected chi connectivity index (χ0v) is 13.4. The van der Waals surface area contributed by atoms with E-state index in [0.29, 0.717) is 21.7 Å². The molecule has 1 N–H and O–H groups in total. The molecule has 0 bridgehead atoms. The Morgan fingerprint density at radius 1 is 1.09 bits per heavy atom. The third-order valence-corrected chi connectivity index (χ3v) is 4.56. The van der Waals surface area contributed by atoms with Gasteiger partial charge in [-0.15, -0.1) is 11.8 Å². The molecule has 0 spiro atoms. The summed E-state index contributed by atoms with van der Waals surface area (Å²) in [5.41, 5.74) is 1.58. The van der Waals surface area contributed by atoms with Crippen molar-refractivity contribution < 1.29 is 9.53 Å². The van der Waals surface area contributed by atoms with Crippen LogP contribution in [0, 0.1) is 0 Å². The van der Waals surface area contributed by atoms with Crippen molar-refractivity contribution in [1.29, 1.82) is 0 Å². The number of thioether (sulfide) groups is 1. The standard InChI is InChI=1S/C18H15NO3S/c1-22-18(21)15-16(20)13-9-5-6-10-14(13)19-17(15)23-11-12-7-3-2-4-8-12/h2-10H,11H2,1H3,(H,19,20). The number of methoxy groups -OCH3 is 1. The lowest BCUT2D eigenvalue weighted by atomic mass is 10.1. The molecule has 3 aromatic rings. The number of esters is 1. The molecule has 116 valence electrons. The Bertz CT molecular complexity index is 903. The van der Waals surface area contributed by atoms with Gasteiger partial charge in [-0.3, -0.25) is 4.79 Å². The number of rotatable bonds is 4. The van der Waals surface area contributed by atoms with E-state index in [1.54, 1.807) is 12.1 Å².